The van der Waals surface area contributed by atoms with Gasteiger partial charge in [0.05, 0.1) is 4.92 Å². The number of alkyl carbamates (subject to hydrolysis) is 1. The molecule has 1 aromatic carbocycles. The Hall–Kier alpha value is -3.11. The number of aromatic nitrogens is 1. The summed E-state index contributed by atoms with van der Waals surface area (Å²) in [6, 6.07) is 5.30. The van der Waals surface area contributed by atoms with E-state index in [1.54, 1.807) is 0 Å². The summed E-state index contributed by atoms with van der Waals surface area (Å²) in [4.78, 5) is 36.7. The smallest absolute Gasteiger partial charge is 0.407 e. The van der Waals surface area contributed by atoms with Crippen LogP contribution in [0, 0.1) is 10.1 Å². The Morgan fingerprint density at radius 3 is 2.67 bits per heavy atom. The molecule has 0 aliphatic rings. The monoisotopic (exact) mass is 414 g/mol. The van der Waals surface area contributed by atoms with Crippen LogP contribution in [0.5, 0.6) is 11.5 Å². The van der Waals surface area contributed by atoms with Gasteiger partial charge >= 0.3 is 6.09 Å². The highest BCUT2D eigenvalue weighted by Crippen LogP contribution is 2.40. The van der Waals surface area contributed by atoms with Gasteiger partial charge in [-0.3, -0.25) is 14.9 Å². The number of carbonyl (C=O) groups is 2. The van der Waals surface area contributed by atoms with Crippen LogP contribution in [-0.4, -0.2) is 35.6 Å². The summed E-state index contributed by atoms with van der Waals surface area (Å²) in [5, 5.41) is 15.1. The Labute approximate surface area is 162 Å². The van der Waals surface area contributed by atoms with Crippen LogP contribution in [0.2, 0.25) is 10.0 Å². The number of benzene rings is 1. The molecule has 2 aromatic rings. The largest absolute Gasteiger partial charge is 0.456 e. The number of halogens is 2. The summed E-state index contributed by atoms with van der Waals surface area (Å²) in [6.45, 7) is -0.504. The first-order valence-electron chi connectivity index (χ1n) is 7.22. The van der Waals surface area contributed by atoms with E-state index in [0.29, 0.717) is 0 Å². The van der Waals surface area contributed by atoms with Crippen LogP contribution in [0.25, 0.3) is 0 Å². The summed E-state index contributed by atoms with van der Waals surface area (Å²) >= 11 is 11.9. The Balaban J connectivity index is 2.10. The third-order valence-electron chi connectivity index (χ3n) is 2.99. The van der Waals surface area contributed by atoms with Crippen molar-refractivity contribution in [2.24, 2.45) is 0 Å². The number of pyridine rings is 1. The van der Waals surface area contributed by atoms with Crippen molar-refractivity contribution in [2.75, 3.05) is 19.0 Å². The van der Waals surface area contributed by atoms with Crippen LogP contribution in [0.4, 0.5) is 16.3 Å². The molecular formula is C15H12Cl2N4O6. The fourth-order valence-corrected chi connectivity index (χ4v) is 2.22. The van der Waals surface area contributed by atoms with Gasteiger partial charge < -0.3 is 20.1 Å². The number of hydrogen-bond acceptors (Lipinski definition) is 7. The number of nitro groups is 1. The Morgan fingerprint density at radius 1 is 1.26 bits per heavy atom. The van der Waals surface area contributed by atoms with Gasteiger partial charge in [-0.25, -0.2) is 9.78 Å². The SMILES string of the molecule is CNC(=O)OCC(=O)Nc1cc(Oc2ccc([N+](=O)[O-])c(Cl)c2Cl)ccn1. The first kappa shape index (κ1) is 20.2. The predicted octanol–water partition coefficient (Wildman–Crippen LogP) is 3.38. The van der Waals surface area contributed by atoms with E-state index in [0.717, 1.165) is 6.07 Å². The van der Waals surface area contributed by atoms with Crippen molar-refractivity contribution in [3.05, 3.63) is 50.6 Å². The molecule has 0 atom stereocenters. The predicted molar refractivity (Wildman–Crippen MR) is 96.5 cm³/mol. The van der Waals surface area contributed by atoms with Crippen molar-refractivity contribution in [1.29, 1.82) is 0 Å². The maximum atomic E-state index is 11.7. The van der Waals surface area contributed by atoms with Crippen molar-refractivity contribution >= 4 is 46.7 Å². The van der Waals surface area contributed by atoms with Gasteiger partial charge in [-0.2, -0.15) is 0 Å². The maximum Gasteiger partial charge on any atom is 0.407 e. The first-order chi connectivity index (χ1) is 12.8. The molecule has 1 aromatic heterocycles. The van der Waals surface area contributed by atoms with E-state index in [9.17, 15) is 19.7 Å². The van der Waals surface area contributed by atoms with Gasteiger partial charge in [0.2, 0.25) is 0 Å². The third-order valence-corrected chi connectivity index (χ3v) is 3.84. The van der Waals surface area contributed by atoms with Gasteiger partial charge in [0.15, 0.2) is 6.61 Å². The number of nitrogens with zero attached hydrogens (tertiary/aromatic N) is 2. The van der Waals surface area contributed by atoms with Gasteiger partial charge in [-0.15, -0.1) is 0 Å². The third kappa shape index (κ3) is 5.43. The van der Waals surface area contributed by atoms with E-state index in [4.69, 9.17) is 27.9 Å². The van der Waals surface area contributed by atoms with E-state index in [-0.39, 0.29) is 33.0 Å². The summed E-state index contributed by atoms with van der Waals surface area (Å²) in [5.74, 6) is -0.167. The first-order valence-corrected chi connectivity index (χ1v) is 7.98. The molecule has 10 nitrogen and oxygen atoms in total. The molecule has 2 amide bonds. The highest BCUT2D eigenvalue weighted by atomic mass is 35.5. The lowest BCUT2D eigenvalue weighted by Crippen LogP contribution is -2.26. The fraction of sp³-hybridized carbons (Fsp3) is 0.133. The highest BCUT2D eigenvalue weighted by Gasteiger charge is 2.19. The van der Waals surface area contributed by atoms with Crippen LogP contribution in [0.3, 0.4) is 0 Å². The van der Waals surface area contributed by atoms with Crippen LogP contribution in [0.1, 0.15) is 0 Å². The molecule has 12 heteroatoms. The van der Waals surface area contributed by atoms with Gasteiger partial charge in [0.25, 0.3) is 11.6 Å². The summed E-state index contributed by atoms with van der Waals surface area (Å²) < 4.78 is 10.1. The van der Waals surface area contributed by atoms with Crippen LogP contribution >= 0.6 is 23.2 Å². The van der Waals surface area contributed by atoms with E-state index >= 15 is 0 Å². The molecule has 142 valence electrons. The number of carbonyl (C=O) groups excluding carboxylic acids is 2. The number of hydrogen-bond donors (Lipinski definition) is 2. The number of anilines is 1. The molecule has 0 spiro atoms. The summed E-state index contributed by atoms with van der Waals surface area (Å²) in [6.07, 6.45) is 0.603. The van der Waals surface area contributed by atoms with Crippen molar-refractivity contribution in [1.82, 2.24) is 10.3 Å². The topological polar surface area (TPSA) is 133 Å². The number of nitrogens with one attached hydrogen (secondary N) is 2. The molecule has 1 heterocycles. The number of amides is 2. The molecule has 0 bridgehead atoms. The lowest BCUT2D eigenvalue weighted by molar-refractivity contribution is -0.384. The van der Waals surface area contributed by atoms with Crippen LogP contribution in [-0.2, 0) is 9.53 Å². The van der Waals surface area contributed by atoms with Crippen LogP contribution in [0.15, 0.2) is 30.5 Å². The lowest BCUT2D eigenvalue weighted by Gasteiger charge is -2.10. The number of nitro benzene ring substituents is 1. The van der Waals surface area contributed by atoms with Crippen LogP contribution < -0.4 is 15.4 Å². The van der Waals surface area contributed by atoms with Gasteiger partial charge in [0, 0.05) is 25.4 Å². The minimum atomic E-state index is -0.750. The molecule has 27 heavy (non-hydrogen) atoms. The zero-order valence-corrected chi connectivity index (χ0v) is 15.2. The fourth-order valence-electron chi connectivity index (χ4n) is 1.79. The molecule has 2 N–H and O–H groups in total. The summed E-state index contributed by atoms with van der Waals surface area (Å²) in [7, 11) is 1.36. The second-order valence-corrected chi connectivity index (χ2v) is 5.58. The normalized spacial score (nSPS) is 10.0. The highest BCUT2D eigenvalue weighted by molar-refractivity contribution is 6.44. The Morgan fingerprint density at radius 2 is 2.00 bits per heavy atom. The van der Waals surface area contributed by atoms with Crippen molar-refractivity contribution in [3.63, 3.8) is 0 Å². The molecule has 0 fully saturated rings. The zero-order valence-electron chi connectivity index (χ0n) is 13.7. The molecular weight excluding hydrogens is 403 g/mol. The Kier molecular flexibility index (Phi) is 6.74. The van der Waals surface area contributed by atoms with Gasteiger partial charge in [-0.1, -0.05) is 23.2 Å². The number of ether oxygens (including phenoxy) is 2. The lowest BCUT2D eigenvalue weighted by atomic mass is 10.3. The van der Waals surface area contributed by atoms with Crippen molar-refractivity contribution in [3.8, 4) is 11.5 Å². The summed E-state index contributed by atoms with van der Waals surface area (Å²) in [5.41, 5.74) is -0.354. The van der Waals surface area contributed by atoms with E-state index in [1.165, 1.54) is 31.4 Å². The second-order valence-electron chi connectivity index (χ2n) is 4.82. The molecule has 0 radical (unpaired) electrons. The average molecular weight is 415 g/mol. The maximum absolute atomic E-state index is 11.7. The Bertz CT molecular complexity index is 893. The van der Waals surface area contributed by atoms with E-state index in [1.807, 2.05) is 0 Å². The molecule has 0 saturated heterocycles. The molecule has 0 aliphatic heterocycles. The van der Waals surface area contributed by atoms with Crippen molar-refractivity contribution in [2.45, 2.75) is 0 Å². The minimum Gasteiger partial charge on any atom is -0.456 e. The van der Waals surface area contributed by atoms with Gasteiger partial charge in [-0.05, 0) is 12.1 Å². The van der Waals surface area contributed by atoms with Crippen molar-refractivity contribution < 1.29 is 24.0 Å². The van der Waals surface area contributed by atoms with Gasteiger partial charge in [0.1, 0.15) is 27.4 Å². The van der Waals surface area contributed by atoms with E-state index in [2.05, 4.69) is 20.4 Å². The number of rotatable bonds is 6. The molecule has 0 aliphatic carbocycles. The van der Waals surface area contributed by atoms with E-state index < -0.39 is 23.5 Å². The second kappa shape index (κ2) is 9.01. The molecule has 0 saturated carbocycles. The molecule has 2 rings (SSSR count). The molecule has 0 unspecified atom stereocenters. The zero-order chi connectivity index (χ0) is 20.0. The minimum absolute atomic E-state index is 0.0821. The standard InChI is InChI=1S/C15H12Cl2N4O6/c1-18-15(23)26-7-12(22)20-11-6-8(4-5-19-11)27-10-3-2-9(21(24)25)13(16)14(10)17/h2-6H,7H2,1H3,(H,18,23)(H,19,20,22). The quantitative estimate of drug-likeness (QED) is 0.546. The average Bonchev–Trinajstić information content (AvgIpc) is 2.63.